The van der Waals surface area contributed by atoms with Crippen molar-refractivity contribution in [2.75, 3.05) is 31.6 Å². The van der Waals surface area contributed by atoms with E-state index in [1.54, 1.807) is 0 Å². The maximum Gasteiger partial charge on any atom is 0.187 e. The highest BCUT2D eigenvalue weighted by Crippen LogP contribution is 2.32. The van der Waals surface area contributed by atoms with Crippen LogP contribution in [-0.2, 0) is 6.61 Å². The van der Waals surface area contributed by atoms with Crippen LogP contribution in [0.5, 0.6) is 0 Å². The topological polar surface area (TPSA) is 39.6 Å². The number of likely N-dealkylation sites (N-methyl/N-ethyl adjacent to an activating group) is 1. The van der Waals surface area contributed by atoms with Crippen molar-refractivity contribution in [3.05, 3.63) is 10.0 Å². The molecule has 1 aromatic heterocycles. The van der Waals surface area contributed by atoms with Gasteiger partial charge in [-0.05, 0) is 26.4 Å². The molecule has 0 aromatic carbocycles. The quantitative estimate of drug-likeness (QED) is 0.926. The first-order valence-electron chi connectivity index (χ1n) is 6.37. The molecule has 0 spiro atoms. The molecule has 1 aliphatic heterocycles. The van der Waals surface area contributed by atoms with Gasteiger partial charge >= 0.3 is 0 Å². The number of nitrogens with zero attached hydrogens (tertiary/aromatic N) is 3. The molecule has 0 radical (unpaired) electrons. The lowest BCUT2D eigenvalue weighted by Gasteiger charge is -2.29. The second kappa shape index (κ2) is 6.19. The molecular weight excluding hydrogens is 270 g/mol. The molecule has 18 heavy (non-hydrogen) atoms. The molecule has 1 atom stereocenters. The fraction of sp³-hybridized carbons (Fsp3) is 0.750. The highest BCUT2D eigenvalue weighted by atomic mass is 35.5. The van der Waals surface area contributed by atoms with Crippen LogP contribution in [0.1, 0.15) is 24.6 Å². The Bertz CT molecular complexity index is 399. The van der Waals surface area contributed by atoms with Gasteiger partial charge in [-0.15, -0.1) is 0 Å². The zero-order valence-electron chi connectivity index (χ0n) is 10.9. The van der Waals surface area contributed by atoms with E-state index >= 15 is 0 Å². The Hall–Kier alpha value is -0.360. The summed E-state index contributed by atoms with van der Waals surface area (Å²) in [6, 6.07) is 0.478. The maximum atomic E-state index is 9.21. The Morgan fingerprint density at radius 3 is 2.89 bits per heavy atom. The number of thiazole rings is 1. The number of anilines is 1. The van der Waals surface area contributed by atoms with E-state index in [0.717, 1.165) is 42.5 Å². The summed E-state index contributed by atoms with van der Waals surface area (Å²) >= 11 is 7.54. The van der Waals surface area contributed by atoms with Gasteiger partial charge in [-0.25, -0.2) is 4.98 Å². The second-order valence-electron chi connectivity index (χ2n) is 4.74. The van der Waals surface area contributed by atoms with Crippen molar-refractivity contribution in [1.82, 2.24) is 9.88 Å². The van der Waals surface area contributed by atoms with Crippen LogP contribution in [0.15, 0.2) is 0 Å². The molecule has 1 saturated heterocycles. The lowest BCUT2D eigenvalue weighted by Crippen LogP contribution is -2.39. The van der Waals surface area contributed by atoms with Crippen LogP contribution in [0, 0.1) is 0 Å². The molecule has 1 unspecified atom stereocenters. The highest BCUT2D eigenvalue weighted by molar-refractivity contribution is 7.16. The molecular formula is C12H20ClN3OS. The van der Waals surface area contributed by atoms with Crippen molar-refractivity contribution in [2.45, 2.75) is 32.4 Å². The number of aromatic nitrogens is 1. The minimum Gasteiger partial charge on any atom is -0.391 e. The van der Waals surface area contributed by atoms with Crippen LogP contribution in [-0.4, -0.2) is 47.7 Å². The molecule has 0 amide bonds. The summed E-state index contributed by atoms with van der Waals surface area (Å²) in [5.41, 5.74) is 0. The summed E-state index contributed by atoms with van der Waals surface area (Å²) in [5, 5.41) is 10.6. The Kier molecular flexibility index (Phi) is 4.84. The number of hydrogen-bond donors (Lipinski definition) is 1. The molecule has 1 aliphatic rings. The van der Waals surface area contributed by atoms with Crippen LogP contribution in [0.3, 0.4) is 0 Å². The van der Waals surface area contributed by atoms with Crippen LogP contribution in [0.2, 0.25) is 5.15 Å². The first-order chi connectivity index (χ1) is 8.65. The van der Waals surface area contributed by atoms with Gasteiger partial charge in [0, 0.05) is 19.1 Å². The van der Waals surface area contributed by atoms with E-state index in [1.807, 2.05) is 0 Å². The molecule has 6 heteroatoms. The largest absolute Gasteiger partial charge is 0.391 e. The average Bonchev–Trinajstić information content (AvgIpc) is 2.62. The molecule has 102 valence electrons. The van der Waals surface area contributed by atoms with Crippen molar-refractivity contribution < 1.29 is 5.11 Å². The normalized spacial score (nSPS) is 22.2. The second-order valence-corrected chi connectivity index (χ2v) is 6.16. The third-order valence-corrected chi connectivity index (χ3v) is 4.90. The zero-order valence-corrected chi connectivity index (χ0v) is 12.5. The molecule has 0 saturated carbocycles. The van der Waals surface area contributed by atoms with Gasteiger partial charge in [-0.3, -0.25) is 0 Å². The summed E-state index contributed by atoms with van der Waals surface area (Å²) in [6.45, 7) is 5.37. The van der Waals surface area contributed by atoms with Crippen LogP contribution in [0.25, 0.3) is 0 Å². The summed E-state index contributed by atoms with van der Waals surface area (Å²) in [5.74, 6) is 0. The van der Waals surface area contributed by atoms with E-state index in [2.05, 4.69) is 28.8 Å². The average molecular weight is 290 g/mol. The van der Waals surface area contributed by atoms with Crippen molar-refractivity contribution >= 4 is 28.1 Å². The van der Waals surface area contributed by atoms with Gasteiger partial charge in [-0.2, -0.15) is 0 Å². The van der Waals surface area contributed by atoms with E-state index in [9.17, 15) is 5.11 Å². The SMILES string of the molecule is CCC1CN(C)CCCN1c1nc(Cl)c(CO)s1. The minimum atomic E-state index is -0.0268. The number of rotatable bonds is 3. The van der Waals surface area contributed by atoms with Gasteiger partial charge in [0.1, 0.15) is 5.15 Å². The van der Waals surface area contributed by atoms with Crippen molar-refractivity contribution in [2.24, 2.45) is 0 Å². The molecule has 0 aliphatic carbocycles. The predicted molar refractivity (Wildman–Crippen MR) is 76.6 cm³/mol. The summed E-state index contributed by atoms with van der Waals surface area (Å²) in [6.07, 6.45) is 2.23. The molecule has 2 heterocycles. The fourth-order valence-corrected chi connectivity index (χ4v) is 3.60. The molecule has 2 rings (SSSR count). The fourth-order valence-electron chi connectivity index (χ4n) is 2.39. The van der Waals surface area contributed by atoms with Crippen molar-refractivity contribution in [1.29, 1.82) is 0 Å². The third kappa shape index (κ3) is 2.96. The smallest absolute Gasteiger partial charge is 0.187 e. The highest BCUT2D eigenvalue weighted by Gasteiger charge is 2.25. The Labute approximate surface area is 117 Å². The number of halogens is 1. The van der Waals surface area contributed by atoms with E-state index in [4.69, 9.17) is 11.6 Å². The minimum absolute atomic E-state index is 0.0268. The van der Waals surface area contributed by atoms with Crippen LogP contribution < -0.4 is 4.90 Å². The van der Waals surface area contributed by atoms with Gasteiger partial charge < -0.3 is 14.9 Å². The maximum absolute atomic E-state index is 9.21. The van der Waals surface area contributed by atoms with E-state index in [0.29, 0.717) is 11.2 Å². The van der Waals surface area contributed by atoms with Gasteiger partial charge in [0.25, 0.3) is 0 Å². The monoisotopic (exact) mass is 289 g/mol. The van der Waals surface area contributed by atoms with Gasteiger partial charge in [0.05, 0.1) is 11.5 Å². The molecule has 1 aromatic rings. The summed E-state index contributed by atoms with van der Waals surface area (Å²) < 4.78 is 0. The summed E-state index contributed by atoms with van der Waals surface area (Å²) in [7, 11) is 2.17. The number of hydrogen-bond acceptors (Lipinski definition) is 5. The van der Waals surface area contributed by atoms with Crippen LogP contribution in [0.4, 0.5) is 5.13 Å². The number of aliphatic hydroxyl groups is 1. The van der Waals surface area contributed by atoms with Crippen molar-refractivity contribution in [3.63, 3.8) is 0 Å². The number of aliphatic hydroxyl groups excluding tert-OH is 1. The molecule has 1 fully saturated rings. The van der Waals surface area contributed by atoms with Gasteiger partial charge in [0.15, 0.2) is 5.13 Å². The first kappa shape index (κ1) is 14.1. The molecule has 0 bridgehead atoms. The van der Waals surface area contributed by atoms with E-state index in [-0.39, 0.29) is 6.61 Å². The van der Waals surface area contributed by atoms with Crippen molar-refractivity contribution in [3.8, 4) is 0 Å². The third-order valence-electron chi connectivity index (χ3n) is 3.40. The Morgan fingerprint density at radius 2 is 2.28 bits per heavy atom. The van der Waals surface area contributed by atoms with Gasteiger partial charge in [-0.1, -0.05) is 29.9 Å². The van der Waals surface area contributed by atoms with E-state index < -0.39 is 0 Å². The Morgan fingerprint density at radius 1 is 1.50 bits per heavy atom. The molecule has 1 N–H and O–H groups in total. The zero-order chi connectivity index (χ0) is 13.1. The first-order valence-corrected chi connectivity index (χ1v) is 7.56. The van der Waals surface area contributed by atoms with E-state index in [1.165, 1.54) is 11.3 Å². The predicted octanol–water partition coefficient (Wildman–Crippen LogP) is 2.21. The van der Waals surface area contributed by atoms with Gasteiger partial charge in [0.2, 0.25) is 0 Å². The lowest BCUT2D eigenvalue weighted by atomic mass is 10.2. The lowest BCUT2D eigenvalue weighted by molar-refractivity contribution is 0.285. The molecule has 4 nitrogen and oxygen atoms in total. The summed E-state index contributed by atoms with van der Waals surface area (Å²) in [4.78, 5) is 9.88. The van der Waals surface area contributed by atoms with Crippen LogP contribution >= 0.6 is 22.9 Å². The standard InChI is InChI=1S/C12H20ClN3OS/c1-3-9-7-15(2)5-4-6-16(9)12-14-11(13)10(8-17)18-12/h9,17H,3-8H2,1-2H3. The Balaban J connectivity index is 2.22.